The van der Waals surface area contributed by atoms with Crippen LogP contribution in [0.2, 0.25) is 0 Å². The van der Waals surface area contributed by atoms with Crippen molar-refractivity contribution in [3.8, 4) is 0 Å². The van der Waals surface area contributed by atoms with Crippen LogP contribution in [0, 0.1) is 0 Å². The lowest BCUT2D eigenvalue weighted by Crippen LogP contribution is -2.20. The summed E-state index contributed by atoms with van der Waals surface area (Å²) in [5.41, 5.74) is 0. The third-order valence-corrected chi connectivity index (χ3v) is 6.20. The molecule has 0 saturated carbocycles. The lowest BCUT2D eigenvalue weighted by atomic mass is 9.88. The fourth-order valence-electron chi connectivity index (χ4n) is 3.62. The van der Waals surface area contributed by atoms with Crippen molar-refractivity contribution in [3.63, 3.8) is 0 Å². The van der Waals surface area contributed by atoms with Gasteiger partial charge in [-0.1, -0.05) is 117 Å². The van der Waals surface area contributed by atoms with E-state index in [1.807, 2.05) is 0 Å². The molecular formula is C22H48BrP. The van der Waals surface area contributed by atoms with Crippen LogP contribution in [-0.2, 0) is 0 Å². The van der Waals surface area contributed by atoms with Gasteiger partial charge in [-0.2, -0.15) is 0 Å². The normalized spacial score (nSPS) is 11.5. The Kier molecular flexibility index (Phi) is 22.9. The molecule has 1 unspecified atom stereocenters. The van der Waals surface area contributed by atoms with Crippen LogP contribution >= 0.6 is 26.2 Å². The van der Waals surface area contributed by atoms with Crippen LogP contribution < -0.4 is 0 Å². The van der Waals surface area contributed by atoms with Gasteiger partial charge in [0.2, 0.25) is 0 Å². The molecule has 0 saturated heterocycles. The minimum Gasteiger partial charge on any atom is -0.131 e. The van der Waals surface area contributed by atoms with Crippen molar-refractivity contribution in [2.75, 3.05) is 0 Å². The fraction of sp³-hybridized carbons (Fsp3) is 1.00. The molecule has 24 heavy (non-hydrogen) atoms. The van der Waals surface area contributed by atoms with Crippen LogP contribution in [-0.4, -0.2) is 5.16 Å². The SMILES string of the molecule is Br.CCCCCCCC(P)(CCCCCCC)CCCCCCC. The largest absolute Gasteiger partial charge is 0.131 e. The Balaban J connectivity index is 0. The van der Waals surface area contributed by atoms with Crippen molar-refractivity contribution < 1.29 is 0 Å². The van der Waals surface area contributed by atoms with E-state index in [-0.39, 0.29) is 17.0 Å². The summed E-state index contributed by atoms with van der Waals surface area (Å²) >= 11 is 0. The van der Waals surface area contributed by atoms with Gasteiger partial charge in [-0.15, -0.1) is 26.2 Å². The minimum absolute atomic E-state index is 0. The van der Waals surface area contributed by atoms with E-state index in [1.54, 1.807) is 0 Å². The van der Waals surface area contributed by atoms with E-state index < -0.39 is 0 Å². The number of hydrogen-bond acceptors (Lipinski definition) is 0. The standard InChI is InChI=1S/C22H47P.BrH/c1-4-7-10-13-16-19-22(23,20-17-14-11-8-5-2)21-18-15-12-9-6-3;/h4-21,23H2,1-3H3;1H. The molecule has 0 bridgehead atoms. The van der Waals surface area contributed by atoms with Gasteiger partial charge in [0.1, 0.15) is 0 Å². The molecule has 0 aromatic heterocycles. The van der Waals surface area contributed by atoms with Gasteiger partial charge in [0.15, 0.2) is 0 Å². The number of unbranched alkanes of at least 4 members (excludes halogenated alkanes) is 12. The quantitative estimate of drug-likeness (QED) is 0.152. The summed E-state index contributed by atoms with van der Waals surface area (Å²) in [5.74, 6) is 0. The van der Waals surface area contributed by atoms with Gasteiger partial charge in [0.25, 0.3) is 0 Å². The molecule has 1 atom stereocenters. The lowest BCUT2D eigenvalue weighted by Gasteiger charge is -2.30. The molecule has 0 amide bonds. The lowest BCUT2D eigenvalue weighted by molar-refractivity contribution is 0.404. The molecular weight excluding hydrogens is 375 g/mol. The molecule has 148 valence electrons. The number of hydrogen-bond donors (Lipinski definition) is 0. The Labute approximate surface area is 167 Å². The van der Waals surface area contributed by atoms with Gasteiger partial charge < -0.3 is 0 Å². The van der Waals surface area contributed by atoms with Crippen molar-refractivity contribution in [2.24, 2.45) is 0 Å². The maximum Gasteiger partial charge on any atom is -0.0150 e. The Hall–Kier alpha value is 0.910. The molecule has 0 radical (unpaired) electrons. The Bertz CT molecular complexity index is 194. The molecule has 0 rings (SSSR count). The highest BCUT2D eigenvalue weighted by molar-refractivity contribution is 8.93. The van der Waals surface area contributed by atoms with Gasteiger partial charge >= 0.3 is 0 Å². The van der Waals surface area contributed by atoms with Crippen molar-refractivity contribution in [1.82, 2.24) is 0 Å². The van der Waals surface area contributed by atoms with Gasteiger partial charge in [-0.25, -0.2) is 0 Å². The number of rotatable bonds is 18. The second-order valence-corrected chi connectivity index (χ2v) is 9.08. The first-order valence-electron chi connectivity index (χ1n) is 11.0. The monoisotopic (exact) mass is 422 g/mol. The molecule has 0 fully saturated rings. The molecule has 0 aliphatic heterocycles. The average molecular weight is 424 g/mol. The van der Waals surface area contributed by atoms with E-state index in [0.29, 0.717) is 5.16 Å². The first-order valence-corrected chi connectivity index (χ1v) is 11.5. The van der Waals surface area contributed by atoms with Gasteiger partial charge in [0.05, 0.1) is 0 Å². The number of halogens is 1. The summed E-state index contributed by atoms with van der Waals surface area (Å²) in [6, 6.07) is 0. The van der Waals surface area contributed by atoms with E-state index in [1.165, 1.54) is 116 Å². The molecule has 0 N–H and O–H groups in total. The Morgan fingerprint density at radius 3 is 0.958 bits per heavy atom. The van der Waals surface area contributed by atoms with Crippen LogP contribution in [0.25, 0.3) is 0 Å². The van der Waals surface area contributed by atoms with E-state index in [4.69, 9.17) is 0 Å². The zero-order valence-electron chi connectivity index (χ0n) is 17.2. The first kappa shape index (κ1) is 27.1. The van der Waals surface area contributed by atoms with Crippen LogP contribution in [0.5, 0.6) is 0 Å². The molecule has 0 aromatic rings. The summed E-state index contributed by atoms with van der Waals surface area (Å²) in [5, 5.41) is 0.560. The third-order valence-electron chi connectivity index (χ3n) is 5.33. The van der Waals surface area contributed by atoms with Gasteiger partial charge in [0, 0.05) is 0 Å². The summed E-state index contributed by atoms with van der Waals surface area (Å²) in [6.45, 7) is 6.94. The molecule has 0 heterocycles. The highest BCUT2D eigenvalue weighted by Gasteiger charge is 2.22. The van der Waals surface area contributed by atoms with Crippen LogP contribution in [0.4, 0.5) is 0 Å². The van der Waals surface area contributed by atoms with Crippen molar-refractivity contribution in [3.05, 3.63) is 0 Å². The smallest absolute Gasteiger partial charge is 0.0150 e. The summed E-state index contributed by atoms with van der Waals surface area (Å²) in [6.07, 6.45) is 25.8. The second kappa shape index (κ2) is 20.2. The van der Waals surface area contributed by atoms with Crippen LogP contribution in [0.3, 0.4) is 0 Å². The minimum atomic E-state index is 0. The van der Waals surface area contributed by atoms with E-state index in [9.17, 15) is 0 Å². The van der Waals surface area contributed by atoms with E-state index >= 15 is 0 Å². The second-order valence-electron chi connectivity index (χ2n) is 7.86. The molecule has 0 aliphatic rings. The molecule has 0 aromatic carbocycles. The Morgan fingerprint density at radius 2 is 0.708 bits per heavy atom. The molecule has 2 heteroatoms. The highest BCUT2D eigenvalue weighted by Crippen LogP contribution is 2.37. The first-order chi connectivity index (χ1) is 11.2. The van der Waals surface area contributed by atoms with Crippen molar-refractivity contribution >= 4 is 26.2 Å². The molecule has 0 nitrogen and oxygen atoms in total. The predicted octanol–water partition coefficient (Wildman–Crippen LogP) is 9.26. The molecule has 0 aliphatic carbocycles. The Morgan fingerprint density at radius 1 is 0.458 bits per heavy atom. The zero-order valence-corrected chi connectivity index (χ0v) is 20.1. The third kappa shape index (κ3) is 17.7. The zero-order chi connectivity index (χ0) is 17.2. The van der Waals surface area contributed by atoms with E-state index in [0.717, 1.165) is 0 Å². The topological polar surface area (TPSA) is 0 Å². The van der Waals surface area contributed by atoms with Gasteiger partial charge in [-0.05, 0) is 24.4 Å². The maximum atomic E-state index is 3.31. The van der Waals surface area contributed by atoms with Crippen LogP contribution in [0.15, 0.2) is 0 Å². The van der Waals surface area contributed by atoms with Crippen molar-refractivity contribution in [1.29, 1.82) is 0 Å². The highest BCUT2D eigenvalue weighted by atomic mass is 79.9. The fourth-order valence-corrected chi connectivity index (χ4v) is 4.23. The van der Waals surface area contributed by atoms with Gasteiger partial charge in [-0.3, -0.25) is 0 Å². The summed E-state index contributed by atoms with van der Waals surface area (Å²) < 4.78 is 0. The average Bonchev–Trinajstić information content (AvgIpc) is 2.54. The van der Waals surface area contributed by atoms with Crippen LogP contribution in [0.1, 0.15) is 136 Å². The van der Waals surface area contributed by atoms with E-state index in [2.05, 4.69) is 30.0 Å². The summed E-state index contributed by atoms with van der Waals surface area (Å²) in [4.78, 5) is 0. The predicted molar refractivity (Wildman–Crippen MR) is 123 cm³/mol. The maximum absolute atomic E-state index is 3.31. The molecule has 0 spiro atoms. The summed E-state index contributed by atoms with van der Waals surface area (Å²) in [7, 11) is 3.31. The van der Waals surface area contributed by atoms with Crippen molar-refractivity contribution in [2.45, 2.75) is 142 Å².